The predicted molar refractivity (Wildman–Crippen MR) is 37.2 cm³/mol. The Morgan fingerprint density at radius 3 is 2.60 bits per heavy atom. The van der Waals surface area contributed by atoms with Crippen molar-refractivity contribution in [2.45, 2.75) is 19.3 Å². The molecule has 0 amide bonds. The van der Waals surface area contributed by atoms with Crippen LogP contribution in [-0.4, -0.2) is 0 Å². The van der Waals surface area contributed by atoms with Crippen LogP contribution < -0.4 is 0 Å². The van der Waals surface area contributed by atoms with Crippen molar-refractivity contribution < 1.29 is 0 Å². The molecule has 0 aromatic rings. The van der Waals surface area contributed by atoms with E-state index < -0.39 is 0 Å². The van der Waals surface area contributed by atoms with Crippen molar-refractivity contribution in [3.63, 3.8) is 0 Å². The topological polar surface area (TPSA) is 0 Å². The molecule has 5 aliphatic rings. The van der Waals surface area contributed by atoms with E-state index in [1.54, 1.807) is 19.3 Å². The van der Waals surface area contributed by atoms with E-state index in [0.717, 1.165) is 5.41 Å². The average molecular weight is 132 g/mol. The molecule has 0 N–H and O–H groups in total. The monoisotopic (exact) mass is 132 g/mol. The second-order valence-corrected chi connectivity index (χ2v) is 5.48. The van der Waals surface area contributed by atoms with Gasteiger partial charge in [0.25, 0.3) is 0 Å². The molecule has 0 nitrogen and oxygen atoms in total. The lowest BCUT2D eigenvalue weighted by atomic mass is 9.57. The molecule has 0 aromatic carbocycles. The SMILES string of the molecule is C1C2CC3C4C5CC2C1C354. The van der Waals surface area contributed by atoms with Crippen LogP contribution in [0, 0.1) is 40.9 Å². The summed E-state index contributed by atoms with van der Waals surface area (Å²) >= 11 is 0. The van der Waals surface area contributed by atoms with Gasteiger partial charge in [-0.25, -0.2) is 0 Å². The molecular formula is C10H12. The predicted octanol–water partition coefficient (Wildman–Crippen LogP) is 1.91. The highest BCUT2D eigenvalue weighted by Crippen LogP contribution is 3.00. The zero-order chi connectivity index (χ0) is 6.09. The van der Waals surface area contributed by atoms with Crippen molar-refractivity contribution in [1.82, 2.24) is 0 Å². The van der Waals surface area contributed by atoms with Crippen LogP contribution in [0.3, 0.4) is 0 Å². The van der Waals surface area contributed by atoms with Crippen molar-refractivity contribution in [2.75, 3.05) is 0 Å². The van der Waals surface area contributed by atoms with Gasteiger partial charge in [0, 0.05) is 0 Å². The first-order valence-electron chi connectivity index (χ1n) is 4.94. The summed E-state index contributed by atoms with van der Waals surface area (Å²) in [6.45, 7) is 0. The maximum absolute atomic E-state index is 1.68. The average Bonchev–Trinajstić information content (AvgIpc) is 2.69. The van der Waals surface area contributed by atoms with Crippen LogP contribution in [0.15, 0.2) is 0 Å². The van der Waals surface area contributed by atoms with Gasteiger partial charge in [-0.05, 0) is 60.2 Å². The third-order valence-electron chi connectivity index (χ3n) is 5.91. The summed E-state index contributed by atoms with van der Waals surface area (Å²) in [6.07, 6.45) is 5.01. The molecule has 0 saturated heterocycles. The fourth-order valence-corrected chi connectivity index (χ4v) is 5.64. The molecule has 0 aromatic heterocycles. The van der Waals surface area contributed by atoms with E-state index in [1.165, 1.54) is 35.5 Å². The van der Waals surface area contributed by atoms with Gasteiger partial charge in [-0.3, -0.25) is 0 Å². The summed E-state index contributed by atoms with van der Waals surface area (Å²) < 4.78 is 0. The summed E-state index contributed by atoms with van der Waals surface area (Å²) in [7, 11) is 0. The van der Waals surface area contributed by atoms with Crippen molar-refractivity contribution in [3.8, 4) is 0 Å². The van der Waals surface area contributed by atoms with Gasteiger partial charge in [0.1, 0.15) is 0 Å². The number of fused-ring (bicyclic) bond motifs is 4. The molecule has 7 atom stereocenters. The van der Waals surface area contributed by atoms with Crippen molar-refractivity contribution in [3.05, 3.63) is 0 Å². The van der Waals surface area contributed by atoms with Gasteiger partial charge in [-0.2, -0.15) is 0 Å². The van der Waals surface area contributed by atoms with Gasteiger partial charge >= 0.3 is 0 Å². The van der Waals surface area contributed by atoms with E-state index in [0.29, 0.717) is 0 Å². The minimum absolute atomic E-state index is 1.07. The Balaban J connectivity index is 1.87. The molecule has 5 saturated carbocycles. The summed E-state index contributed by atoms with van der Waals surface area (Å²) in [6, 6.07) is 0. The minimum Gasteiger partial charge on any atom is -0.0465 e. The first-order valence-corrected chi connectivity index (χ1v) is 4.94. The Kier molecular flexibility index (Phi) is 0.327. The zero-order valence-electron chi connectivity index (χ0n) is 6.09. The molecule has 0 radical (unpaired) electrons. The maximum atomic E-state index is 1.68. The largest absolute Gasteiger partial charge is 0.0465 e. The Labute approximate surface area is 61.0 Å². The van der Waals surface area contributed by atoms with Crippen molar-refractivity contribution >= 4 is 0 Å². The molecule has 7 unspecified atom stereocenters. The van der Waals surface area contributed by atoms with Gasteiger partial charge in [0.05, 0.1) is 0 Å². The summed E-state index contributed by atoms with van der Waals surface area (Å²) in [5.74, 6) is 7.67. The van der Waals surface area contributed by atoms with Crippen LogP contribution in [0.5, 0.6) is 0 Å². The molecule has 0 heterocycles. The van der Waals surface area contributed by atoms with Gasteiger partial charge in [-0.15, -0.1) is 0 Å². The molecule has 5 aliphatic carbocycles. The normalized spacial score (nSPS) is 91.2. The Hall–Kier alpha value is 0. The van der Waals surface area contributed by atoms with Crippen LogP contribution >= 0.6 is 0 Å². The molecule has 5 rings (SSSR count). The van der Waals surface area contributed by atoms with Gasteiger partial charge in [-0.1, -0.05) is 0 Å². The quantitative estimate of drug-likeness (QED) is 0.472. The van der Waals surface area contributed by atoms with Crippen LogP contribution in [-0.2, 0) is 0 Å². The highest BCUT2D eigenvalue weighted by molar-refractivity contribution is 5.42. The fourth-order valence-electron chi connectivity index (χ4n) is 5.64. The standard InChI is InChI=1S/C10H12/c1-4-2-7-9-8-3-5(4)6(1)10(7,8)9/h4-9H,1-3H2. The zero-order valence-corrected chi connectivity index (χ0v) is 6.09. The van der Waals surface area contributed by atoms with E-state index in [9.17, 15) is 0 Å². The Bertz CT molecular complexity index is 235. The van der Waals surface area contributed by atoms with Crippen molar-refractivity contribution in [2.24, 2.45) is 40.9 Å². The van der Waals surface area contributed by atoms with E-state index in [-0.39, 0.29) is 0 Å². The Morgan fingerprint density at radius 2 is 1.70 bits per heavy atom. The second kappa shape index (κ2) is 0.790. The first kappa shape index (κ1) is 4.13. The summed E-state index contributed by atoms with van der Waals surface area (Å²) in [4.78, 5) is 0. The summed E-state index contributed by atoms with van der Waals surface area (Å²) in [5, 5.41) is 0. The van der Waals surface area contributed by atoms with Crippen LogP contribution in [0.4, 0.5) is 0 Å². The molecule has 0 heteroatoms. The molecule has 2 bridgehead atoms. The van der Waals surface area contributed by atoms with Gasteiger partial charge < -0.3 is 0 Å². The maximum Gasteiger partial charge on any atom is -0.0170 e. The van der Waals surface area contributed by atoms with Gasteiger partial charge in [0.15, 0.2) is 0 Å². The third kappa shape index (κ3) is 0.170. The Morgan fingerprint density at radius 1 is 0.900 bits per heavy atom. The molecule has 0 aliphatic heterocycles. The van der Waals surface area contributed by atoms with E-state index in [1.807, 2.05) is 0 Å². The van der Waals surface area contributed by atoms with E-state index in [2.05, 4.69) is 0 Å². The third-order valence-corrected chi connectivity index (χ3v) is 5.91. The van der Waals surface area contributed by atoms with E-state index >= 15 is 0 Å². The number of hydrogen-bond acceptors (Lipinski definition) is 0. The molecule has 52 valence electrons. The number of hydrogen-bond donors (Lipinski definition) is 0. The molecule has 1 spiro atoms. The molecular weight excluding hydrogens is 120 g/mol. The second-order valence-electron chi connectivity index (χ2n) is 5.48. The number of rotatable bonds is 0. The van der Waals surface area contributed by atoms with Gasteiger partial charge in [0.2, 0.25) is 0 Å². The van der Waals surface area contributed by atoms with Crippen LogP contribution in [0.25, 0.3) is 0 Å². The molecule has 5 fully saturated rings. The lowest BCUT2D eigenvalue weighted by Crippen LogP contribution is -2.40. The smallest absolute Gasteiger partial charge is 0.0170 e. The summed E-state index contributed by atoms with van der Waals surface area (Å²) in [5.41, 5.74) is 1.07. The lowest BCUT2D eigenvalue weighted by Gasteiger charge is -2.47. The first-order chi connectivity index (χ1) is 4.94. The fraction of sp³-hybridized carbons (Fsp3) is 1.00. The van der Waals surface area contributed by atoms with E-state index in [4.69, 9.17) is 0 Å². The van der Waals surface area contributed by atoms with Crippen LogP contribution in [0.1, 0.15) is 19.3 Å². The molecule has 10 heavy (non-hydrogen) atoms. The highest BCUT2D eigenvalue weighted by atomic mass is 15.0. The minimum atomic E-state index is 1.07. The van der Waals surface area contributed by atoms with Crippen molar-refractivity contribution in [1.29, 1.82) is 0 Å². The lowest BCUT2D eigenvalue weighted by molar-refractivity contribution is 0.0115. The highest BCUT2D eigenvalue weighted by Gasteiger charge is 2.95. The van der Waals surface area contributed by atoms with Crippen LogP contribution in [0.2, 0.25) is 0 Å².